The molecule has 18 heavy (non-hydrogen) atoms. The average Bonchev–Trinajstić information content (AvgIpc) is 2.62. The van der Waals surface area contributed by atoms with E-state index in [0.717, 1.165) is 24.8 Å². The Bertz CT molecular complexity index is 318. The van der Waals surface area contributed by atoms with E-state index >= 15 is 0 Å². The lowest BCUT2D eigenvalue weighted by atomic mass is 9.95. The summed E-state index contributed by atoms with van der Waals surface area (Å²) in [6.45, 7) is 10.2. The summed E-state index contributed by atoms with van der Waals surface area (Å²) in [7, 11) is 1.97. The second-order valence-electron chi connectivity index (χ2n) is 6.14. The maximum atomic E-state index is 4.41. The second kappa shape index (κ2) is 7.57. The minimum Gasteiger partial charge on any atom is -0.314 e. The van der Waals surface area contributed by atoms with Gasteiger partial charge in [0.2, 0.25) is 0 Å². The van der Waals surface area contributed by atoms with E-state index in [-0.39, 0.29) is 0 Å². The molecular formula is C15H29N3. The Morgan fingerprint density at radius 2 is 1.78 bits per heavy atom. The van der Waals surface area contributed by atoms with Crippen molar-refractivity contribution in [2.75, 3.05) is 6.54 Å². The lowest BCUT2D eigenvalue weighted by molar-refractivity contribution is 0.361. The van der Waals surface area contributed by atoms with Crippen molar-refractivity contribution in [2.24, 2.45) is 18.9 Å². The molecule has 0 aliphatic heterocycles. The quantitative estimate of drug-likeness (QED) is 0.769. The van der Waals surface area contributed by atoms with E-state index < -0.39 is 0 Å². The Balaban J connectivity index is 2.32. The van der Waals surface area contributed by atoms with Gasteiger partial charge in [-0.1, -0.05) is 27.7 Å². The topological polar surface area (TPSA) is 29.9 Å². The van der Waals surface area contributed by atoms with Gasteiger partial charge in [0, 0.05) is 32.3 Å². The van der Waals surface area contributed by atoms with Gasteiger partial charge in [-0.25, -0.2) is 0 Å². The van der Waals surface area contributed by atoms with Crippen LogP contribution < -0.4 is 5.32 Å². The molecule has 0 aliphatic rings. The number of hydrogen-bond acceptors (Lipinski definition) is 2. The first-order valence-electron chi connectivity index (χ1n) is 7.19. The maximum absolute atomic E-state index is 4.41. The SMILES string of the molecule is CC(C)CC(CC(C)C)NCCc1ccn(C)n1. The minimum absolute atomic E-state index is 0.647. The van der Waals surface area contributed by atoms with Crippen LogP contribution in [-0.4, -0.2) is 22.4 Å². The summed E-state index contributed by atoms with van der Waals surface area (Å²) in [6.07, 6.45) is 5.56. The third-order valence-corrected chi connectivity index (χ3v) is 3.09. The summed E-state index contributed by atoms with van der Waals surface area (Å²) in [4.78, 5) is 0. The molecule has 0 saturated carbocycles. The molecular weight excluding hydrogens is 222 g/mol. The van der Waals surface area contributed by atoms with E-state index in [4.69, 9.17) is 0 Å². The number of nitrogens with one attached hydrogen (secondary N) is 1. The fourth-order valence-corrected chi connectivity index (χ4v) is 2.40. The van der Waals surface area contributed by atoms with Crippen LogP contribution >= 0.6 is 0 Å². The van der Waals surface area contributed by atoms with E-state index in [0.29, 0.717) is 6.04 Å². The van der Waals surface area contributed by atoms with Crippen LogP contribution in [0.1, 0.15) is 46.2 Å². The summed E-state index contributed by atoms with van der Waals surface area (Å²) in [6, 6.07) is 2.75. The maximum Gasteiger partial charge on any atom is 0.0637 e. The van der Waals surface area contributed by atoms with Gasteiger partial charge < -0.3 is 5.32 Å². The van der Waals surface area contributed by atoms with E-state index in [1.165, 1.54) is 18.5 Å². The van der Waals surface area contributed by atoms with Gasteiger partial charge in [-0.2, -0.15) is 5.10 Å². The average molecular weight is 251 g/mol. The van der Waals surface area contributed by atoms with Gasteiger partial charge in [0.05, 0.1) is 5.69 Å². The molecule has 1 N–H and O–H groups in total. The van der Waals surface area contributed by atoms with Crippen LogP contribution in [0.4, 0.5) is 0 Å². The van der Waals surface area contributed by atoms with Crippen molar-refractivity contribution in [3.8, 4) is 0 Å². The van der Waals surface area contributed by atoms with Crippen molar-refractivity contribution in [2.45, 2.75) is 53.0 Å². The Labute approximate surface area is 112 Å². The smallest absolute Gasteiger partial charge is 0.0637 e. The number of nitrogens with zero attached hydrogens (tertiary/aromatic N) is 2. The molecule has 0 amide bonds. The van der Waals surface area contributed by atoms with E-state index in [2.05, 4.69) is 44.2 Å². The first-order chi connectivity index (χ1) is 8.47. The summed E-state index contributed by atoms with van der Waals surface area (Å²) >= 11 is 0. The van der Waals surface area contributed by atoms with Crippen molar-refractivity contribution in [3.63, 3.8) is 0 Å². The molecule has 0 unspecified atom stereocenters. The fourth-order valence-electron chi connectivity index (χ4n) is 2.40. The van der Waals surface area contributed by atoms with Crippen molar-refractivity contribution in [1.29, 1.82) is 0 Å². The van der Waals surface area contributed by atoms with Crippen LogP contribution in [-0.2, 0) is 13.5 Å². The molecule has 0 bridgehead atoms. The molecule has 3 nitrogen and oxygen atoms in total. The van der Waals surface area contributed by atoms with Gasteiger partial charge in [0.25, 0.3) is 0 Å². The molecule has 0 aliphatic carbocycles. The summed E-state index contributed by atoms with van der Waals surface area (Å²) in [5, 5.41) is 8.10. The van der Waals surface area contributed by atoms with Crippen molar-refractivity contribution < 1.29 is 0 Å². The predicted molar refractivity (Wildman–Crippen MR) is 77.6 cm³/mol. The molecule has 0 radical (unpaired) electrons. The van der Waals surface area contributed by atoms with Gasteiger partial charge in [-0.15, -0.1) is 0 Å². The van der Waals surface area contributed by atoms with Gasteiger partial charge in [0.15, 0.2) is 0 Å². The van der Waals surface area contributed by atoms with Crippen LogP contribution in [0.15, 0.2) is 12.3 Å². The van der Waals surface area contributed by atoms with Crippen LogP contribution in [0.5, 0.6) is 0 Å². The third-order valence-electron chi connectivity index (χ3n) is 3.09. The normalized spacial score (nSPS) is 12.0. The minimum atomic E-state index is 0.647. The summed E-state index contributed by atoms with van der Waals surface area (Å²) in [5.74, 6) is 1.52. The highest BCUT2D eigenvalue weighted by Gasteiger charge is 2.12. The van der Waals surface area contributed by atoms with Gasteiger partial charge in [0.1, 0.15) is 0 Å². The molecule has 0 saturated heterocycles. The largest absolute Gasteiger partial charge is 0.314 e. The molecule has 0 spiro atoms. The lowest BCUT2D eigenvalue weighted by Crippen LogP contribution is -2.33. The van der Waals surface area contributed by atoms with Gasteiger partial charge in [-0.3, -0.25) is 4.68 Å². The summed E-state index contributed by atoms with van der Waals surface area (Å²) < 4.78 is 1.87. The first-order valence-corrected chi connectivity index (χ1v) is 7.19. The Morgan fingerprint density at radius 3 is 2.22 bits per heavy atom. The monoisotopic (exact) mass is 251 g/mol. The van der Waals surface area contributed by atoms with Crippen LogP contribution in [0.3, 0.4) is 0 Å². The van der Waals surface area contributed by atoms with Crippen LogP contribution in [0.2, 0.25) is 0 Å². The van der Waals surface area contributed by atoms with Crippen LogP contribution in [0, 0.1) is 11.8 Å². The Hall–Kier alpha value is -0.830. The highest BCUT2D eigenvalue weighted by Crippen LogP contribution is 2.13. The zero-order chi connectivity index (χ0) is 13.5. The van der Waals surface area contributed by atoms with Crippen LogP contribution in [0.25, 0.3) is 0 Å². The third kappa shape index (κ3) is 6.20. The van der Waals surface area contributed by atoms with Crippen molar-refractivity contribution in [3.05, 3.63) is 18.0 Å². The predicted octanol–water partition coefficient (Wildman–Crippen LogP) is 3.01. The molecule has 1 aromatic rings. The van der Waals surface area contributed by atoms with Crippen molar-refractivity contribution in [1.82, 2.24) is 15.1 Å². The molecule has 0 aromatic carbocycles. The van der Waals surface area contributed by atoms with E-state index in [1.54, 1.807) is 0 Å². The number of aryl methyl sites for hydroxylation is 1. The first kappa shape index (κ1) is 15.2. The van der Waals surface area contributed by atoms with Gasteiger partial charge in [-0.05, 0) is 30.7 Å². The zero-order valence-electron chi connectivity index (χ0n) is 12.6. The molecule has 1 heterocycles. The molecule has 0 atom stereocenters. The molecule has 3 heteroatoms. The Morgan fingerprint density at radius 1 is 1.17 bits per heavy atom. The lowest BCUT2D eigenvalue weighted by Gasteiger charge is -2.22. The zero-order valence-corrected chi connectivity index (χ0v) is 12.6. The number of hydrogen-bond donors (Lipinski definition) is 1. The molecule has 1 aromatic heterocycles. The summed E-state index contributed by atoms with van der Waals surface area (Å²) in [5.41, 5.74) is 1.18. The Kier molecular flexibility index (Phi) is 6.41. The highest BCUT2D eigenvalue weighted by atomic mass is 15.2. The number of rotatable bonds is 8. The second-order valence-corrected chi connectivity index (χ2v) is 6.14. The number of aromatic nitrogens is 2. The molecule has 1 rings (SSSR count). The molecule has 104 valence electrons. The highest BCUT2D eigenvalue weighted by molar-refractivity contribution is 4.99. The van der Waals surface area contributed by atoms with Gasteiger partial charge >= 0.3 is 0 Å². The van der Waals surface area contributed by atoms with E-state index in [1.807, 2.05) is 17.9 Å². The standard InChI is InChI=1S/C15H29N3/c1-12(2)10-15(11-13(3)4)16-8-6-14-7-9-18(5)17-14/h7,9,12-13,15-16H,6,8,10-11H2,1-5H3. The fraction of sp³-hybridized carbons (Fsp3) is 0.800. The molecule has 0 fully saturated rings. The van der Waals surface area contributed by atoms with E-state index in [9.17, 15) is 0 Å². The van der Waals surface area contributed by atoms with Crippen molar-refractivity contribution >= 4 is 0 Å².